The Morgan fingerprint density at radius 2 is 0.779 bits per heavy atom. The summed E-state index contributed by atoms with van der Waals surface area (Å²) >= 11 is 0. The monoisotopic (exact) mass is 977 g/mol. The molecule has 2 N–H and O–H groups in total. The van der Waals surface area contributed by atoms with Gasteiger partial charge in [0.15, 0.2) is 6.10 Å². The molecule has 0 heterocycles. The van der Waals surface area contributed by atoms with Gasteiger partial charge in [0.05, 0.1) is 19.8 Å². The highest BCUT2D eigenvalue weighted by atomic mass is 31.2. The van der Waals surface area contributed by atoms with Crippen LogP contribution in [0.2, 0.25) is 0 Å². The minimum Gasteiger partial charge on any atom is -0.462 e. The van der Waals surface area contributed by atoms with Crippen LogP contribution in [0.15, 0.2) is 72.9 Å². The summed E-state index contributed by atoms with van der Waals surface area (Å²) in [6.07, 6.45) is 54.5. The van der Waals surface area contributed by atoms with Crippen molar-refractivity contribution in [1.82, 2.24) is 0 Å². The van der Waals surface area contributed by atoms with Gasteiger partial charge in [-0.1, -0.05) is 196 Å². The van der Waals surface area contributed by atoms with E-state index >= 15 is 0 Å². The van der Waals surface area contributed by atoms with Gasteiger partial charge in [-0.05, 0) is 83.5 Å². The topological polar surface area (TPSA) is 155 Å². The molecule has 3 atom stereocenters. The van der Waals surface area contributed by atoms with Gasteiger partial charge in [0, 0.05) is 19.3 Å². The molecule has 0 rings (SSSR count). The quantitative estimate of drug-likeness (QED) is 0.0197. The summed E-state index contributed by atoms with van der Waals surface area (Å²) in [5.74, 6) is -1.55. The normalized spacial score (nSPS) is 14.0. The van der Waals surface area contributed by atoms with Crippen LogP contribution in [0.5, 0.6) is 0 Å². The number of hydrogen-bond acceptors (Lipinski definition) is 10. The molecule has 11 nitrogen and oxygen atoms in total. The Labute approximate surface area is 414 Å². The lowest BCUT2D eigenvalue weighted by Crippen LogP contribution is -2.30. The van der Waals surface area contributed by atoms with Crippen LogP contribution in [0.3, 0.4) is 0 Å². The molecule has 0 fully saturated rings. The highest BCUT2D eigenvalue weighted by Gasteiger charge is 2.28. The first-order valence-corrected chi connectivity index (χ1v) is 28.3. The maximum Gasteiger partial charge on any atom is 0.472 e. The first-order valence-electron chi connectivity index (χ1n) is 26.8. The van der Waals surface area contributed by atoms with Gasteiger partial charge in [0.25, 0.3) is 0 Å². The number of phosphoric acid groups is 1. The van der Waals surface area contributed by atoms with E-state index < -0.39 is 57.8 Å². The molecule has 392 valence electrons. The summed E-state index contributed by atoms with van der Waals surface area (Å²) < 4.78 is 39.3. The van der Waals surface area contributed by atoms with Crippen LogP contribution in [0.4, 0.5) is 0 Å². The smallest absolute Gasteiger partial charge is 0.462 e. The third-order valence-electron chi connectivity index (χ3n) is 11.1. The number of carbonyl (C=O) groups excluding carboxylic acids is 3. The molecule has 0 saturated heterocycles. The highest BCUT2D eigenvalue weighted by Crippen LogP contribution is 2.43. The van der Waals surface area contributed by atoms with E-state index in [-0.39, 0.29) is 25.9 Å². The van der Waals surface area contributed by atoms with Crippen molar-refractivity contribution in [2.75, 3.05) is 26.4 Å². The zero-order valence-corrected chi connectivity index (χ0v) is 43.9. The third kappa shape index (κ3) is 48.0. The van der Waals surface area contributed by atoms with Crippen LogP contribution < -0.4 is 0 Å². The summed E-state index contributed by atoms with van der Waals surface area (Å²) in [7, 11) is -4.76. The molecule has 0 aromatic heterocycles. The van der Waals surface area contributed by atoms with E-state index in [1.54, 1.807) is 0 Å². The molecular weight excluding hydrogens is 880 g/mol. The number of allylic oxidation sites excluding steroid dienone is 12. The van der Waals surface area contributed by atoms with Crippen LogP contribution in [0.1, 0.15) is 226 Å². The largest absolute Gasteiger partial charge is 0.472 e. The molecule has 0 radical (unpaired) electrons. The fourth-order valence-electron chi connectivity index (χ4n) is 7.03. The fraction of sp³-hybridized carbons (Fsp3) is 0.732. The average molecular weight is 977 g/mol. The van der Waals surface area contributed by atoms with E-state index in [9.17, 15) is 28.9 Å². The van der Waals surface area contributed by atoms with Crippen LogP contribution >= 0.6 is 7.82 Å². The second-order valence-corrected chi connectivity index (χ2v) is 19.1. The fourth-order valence-corrected chi connectivity index (χ4v) is 7.82. The molecule has 0 aliphatic carbocycles. The van der Waals surface area contributed by atoms with Crippen molar-refractivity contribution in [2.45, 2.75) is 238 Å². The maximum atomic E-state index is 12.8. The molecule has 0 amide bonds. The van der Waals surface area contributed by atoms with Crippen molar-refractivity contribution >= 4 is 25.7 Å². The van der Waals surface area contributed by atoms with E-state index in [1.807, 2.05) is 12.2 Å². The Balaban J connectivity index is 4.84. The molecule has 0 aromatic rings. The van der Waals surface area contributed by atoms with E-state index in [0.717, 1.165) is 89.9 Å². The van der Waals surface area contributed by atoms with Gasteiger partial charge in [0.1, 0.15) is 12.7 Å². The molecule has 0 saturated carbocycles. The van der Waals surface area contributed by atoms with E-state index in [2.05, 4.69) is 81.5 Å². The van der Waals surface area contributed by atoms with Crippen molar-refractivity contribution < 1.29 is 52.2 Å². The van der Waals surface area contributed by atoms with Crippen LogP contribution in [-0.4, -0.2) is 66.5 Å². The number of aliphatic hydroxyl groups excluding tert-OH is 1. The van der Waals surface area contributed by atoms with Gasteiger partial charge in [-0.3, -0.25) is 23.4 Å². The van der Waals surface area contributed by atoms with E-state index in [4.69, 9.17) is 23.3 Å². The summed E-state index contributed by atoms with van der Waals surface area (Å²) in [5, 5.41) is 9.77. The number of ether oxygens (including phenoxy) is 3. The predicted molar refractivity (Wildman–Crippen MR) is 279 cm³/mol. The van der Waals surface area contributed by atoms with Crippen molar-refractivity contribution in [3.8, 4) is 0 Å². The molecule has 3 unspecified atom stereocenters. The zero-order chi connectivity index (χ0) is 49.9. The number of unbranched alkanes of at least 4 members (excludes halogenated alkanes) is 20. The van der Waals surface area contributed by atoms with Crippen molar-refractivity contribution in [2.24, 2.45) is 0 Å². The lowest BCUT2D eigenvalue weighted by Gasteiger charge is -2.21. The Kier molecular flexibility index (Phi) is 48.0. The molecule has 0 aromatic carbocycles. The van der Waals surface area contributed by atoms with Crippen molar-refractivity contribution in [1.29, 1.82) is 0 Å². The van der Waals surface area contributed by atoms with Crippen LogP contribution in [0.25, 0.3) is 0 Å². The SMILES string of the molecule is CC/C=C\C/C=C\C/C=C\C/C=C\C/C=C\CCCC(=O)OC(COC(=O)CCCCCCC/C=C\CCCCCC)COP(=O)(O)OCC(CO)OC(=O)CCCCCCCCCCCCC. The second kappa shape index (κ2) is 50.3. The molecule has 0 aliphatic heterocycles. The number of phosphoric ester groups is 1. The molecule has 68 heavy (non-hydrogen) atoms. The second-order valence-electron chi connectivity index (χ2n) is 17.7. The molecule has 0 bridgehead atoms. The predicted octanol–water partition coefficient (Wildman–Crippen LogP) is 15.4. The zero-order valence-electron chi connectivity index (χ0n) is 43.1. The first kappa shape index (κ1) is 64.9. The number of aliphatic hydroxyl groups is 1. The van der Waals surface area contributed by atoms with Gasteiger partial charge in [-0.2, -0.15) is 0 Å². The van der Waals surface area contributed by atoms with E-state index in [1.165, 1.54) is 70.6 Å². The Bertz CT molecular complexity index is 1420. The number of hydrogen-bond donors (Lipinski definition) is 2. The van der Waals surface area contributed by atoms with Crippen LogP contribution in [0, 0.1) is 0 Å². The Morgan fingerprint density at radius 3 is 1.26 bits per heavy atom. The average Bonchev–Trinajstić information content (AvgIpc) is 3.32. The summed E-state index contributed by atoms with van der Waals surface area (Å²) in [6, 6.07) is 0. The minimum absolute atomic E-state index is 0.0868. The number of rotatable bonds is 49. The van der Waals surface area contributed by atoms with Gasteiger partial charge in [-0.15, -0.1) is 0 Å². The molecular formula is C56H97O11P. The van der Waals surface area contributed by atoms with Crippen molar-refractivity contribution in [3.63, 3.8) is 0 Å². The summed E-state index contributed by atoms with van der Waals surface area (Å²) in [5.41, 5.74) is 0. The summed E-state index contributed by atoms with van der Waals surface area (Å²) in [4.78, 5) is 48.3. The van der Waals surface area contributed by atoms with Gasteiger partial charge in [0.2, 0.25) is 0 Å². The highest BCUT2D eigenvalue weighted by molar-refractivity contribution is 7.47. The third-order valence-corrected chi connectivity index (χ3v) is 12.1. The standard InChI is InChI=1S/C56H97O11P/c1-4-7-10-13-16-19-22-24-25-26-27-29-32-35-38-41-44-47-56(60)67-53(49-63-54(58)45-42-39-36-33-31-28-23-20-17-14-11-8-5-2)51-65-68(61,62)64-50-52(48-57)66-55(59)46-43-40-37-34-30-21-18-15-12-9-6-3/h7,10,16,19-20,23-25,27,29,35,38,52-53,57H,4-6,8-9,11-15,17-18,21-22,26,28,30-34,36-37,39-51H2,1-3H3,(H,61,62)/b10-7-,19-16-,23-20-,25-24-,29-27-,38-35-. The Hall–Kier alpha value is -3.08. The first-order chi connectivity index (χ1) is 33.2. The molecule has 0 spiro atoms. The van der Waals surface area contributed by atoms with Crippen molar-refractivity contribution in [3.05, 3.63) is 72.9 Å². The lowest BCUT2D eigenvalue weighted by atomic mass is 10.1. The molecule has 12 heteroatoms. The van der Waals surface area contributed by atoms with E-state index in [0.29, 0.717) is 25.7 Å². The number of carbonyl (C=O) groups is 3. The maximum absolute atomic E-state index is 12.8. The van der Waals surface area contributed by atoms with Gasteiger partial charge in [-0.25, -0.2) is 4.57 Å². The minimum atomic E-state index is -4.76. The number of esters is 3. The van der Waals surface area contributed by atoms with Gasteiger partial charge >= 0.3 is 25.7 Å². The Morgan fingerprint density at radius 1 is 0.426 bits per heavy atom. The molecule has 0 aliphatic rings. The van der Waals surface area contributed by atoms with Crippen LogP contribution in [-0.2, 0) is 42.2 Å². The summed E-state index contributed by atoms with van der Waals surface area (Å²) in [6.45, 7) is 4.42. The lowest BCUT2D eigenvalue weighted by molar-refractivity contribution is -0.161. The van der Waals surface area contributed by atoms with Gasteiger partial charge < -0.3 is 24.2 Å².